The quantitative estimate of drug-likeness (QED) is 0.790. The molecule has 2 aromatic carbocycles. The normalized spacial score (nSPS) is 16.3. The molecule has 1 aliphatic rings. The molecule has 4 rings (SSSR count). The Hall–Kier alpha value is -2.79. The van der Waals surface area contributed by atoms with Crippen LogP contribution in [0.1, 0.15) is 39.0 Å². The Morgan fingerprint density at radius 1 is 1.12 bits per heavy atom. The van der Waals surface area contributed by atoms with Gasteiger partial charge in [0, 0.05) is 12.1 Å². The van der Waals surface area contributed by atoms with Crippen molar-refractivity contribution in [1.29, 1.82) is 0 Å². The van der Waals surface area contributed by atoms with Gasteiger partial charge in [-0.2, -0.15) is 0 Å². The lowest BCUT2D eigenvalue weighted by Crippen LogP contribution is -2.31. The predicted molar refractivity (Wildman–Crippen MR) is 100 cm³/mol. The molecule has 1 amide bonds. The van der Waals surface area contributed by atoms with Crippen molar-refractivity contribution in [3.63, 3.8) is 0 Å². The third kappa shape index (κ3) is 3.18. The van der Waals surface area contributed by atoms with E-state index in [0.29, 0.717) is 18.7 Å². The number of carbonyl (C=O) groups excluding carboxylic acids is 1. The van der Waals surface area contributed by atoms with Gasteiger partial charge < -0.3 is 10.1 Å². The van der Waals surface area contributed by atoms with E-state index in [9.17, 15) is 4.79 Å². The molecule has 0 aliphatic carbocycles. The zero-order chi connectivity index (χ0) is 18.1. The van der Waals surface area contributed by atoms with E-state index in [1.807, 2.05) is 32.0 Å². The van der Waals surface area contributed by atoms with Crippen molar-refractivity contribution < 1.29 is 9.53 Å². The summed E-state index contributed by atoms with van der Waals surface area (Å²) in [6.45, 7) is 4.99. The highest BCUT2D eigenvalue weighted by Crippen LogP contribution is 2.26. The maximum absolute atomic E-state index is 12.6. The fourth-order valence-corrected chi connectivity index (χ4v) is 3.31. The van der Waals surface area contributed by atoms with E-state index in [1.165, 1.54) is 5.56 Å². The molecule has 1 aromatic heterocycles. The Morgan fingerprint density at radius 2 is 1.88 bits per heavy atom. The zero-order valence-corrected chi connectivity index (χ0v) is 15.0. The van der Waals surface area contributed by atoms with Gasteiger partial charge in [0.25, 0.3) is 5.91 Å². The smallest absolute Gasteiger partial charge is 0.251 e. The van der Waals surface area contributed by atoms with Crippen LogP contribution in [0.3, 0.4) is 0 Å². The first-order valence-corrected chi connectivity index (χ1v) is 8.84. The molecule has 0 saturated carbocycles. The number of aryl methyl sites for hydroxylation is 2. The minimum absolute atomic E-state index is 0.103. The van der Waals surface area contributed by atoms with Crippen molar-refractivity contribution in [3.05, 3.63) is 70.5 Å². The lowest BCUT2D eigenvalue weighted by atomic mass is 9.97. The molecular weight excluding hydrogens is 326 g/mol. The van der Waals surface area contributed by atoms with Crippen LogP contribution in [0, 0.1) is 13.8 Å². The minimum Gasteiger partial charge on any atom is -0.371 e. The van der Waals surface area contributed by atoms with E-state index >= 15 is 0 Å². The van der Waals surface area contributed by atoms with Gasteiger partial charge in [0.1, 0.15) is 6.10 Å². The molecule has 1 aliphatic heterocycles. The third-order valence-corrected chi connectivity index (χ3v) is 4.88. The molecule has 132 valence electrons. The number of nitrogens with one attached hydrogen (secondary N) is 1. The van der Waals surface area contributed by atoms with Crippen LogP contribution in [0.2, 0.25) is 0 Å². The van der Waals surface area contributed by atoms with Crippen molar-refractivity contribution in [3.8, 4) is 0 Å². The number of hydrogen-bond donors (Lipinski definition) is 1. The summed E-state index contributed by atoms with van der Waals surface area (Å²) in [5.41, 5.74) is 6.36. The number of fused-ring (bicyclic) bond motifs is 2. The van der Waals surface area contributed by atoms with Crippen LogP contribution in [0.4, 0.5) is 0 Å². The second kappa shape index (κ2) is 6.84. The summed E-state index contributed by atoms with van der Waals surface area (Å²) in [5.74, 6) is -0.126. The molecule has 0 fully saturated rings. The molecule has 5 heteroatoms. The molecule has 0 radical (unpaired) electrons. The van der Waals surface area contributed by atoms with Gasteiger partial charge in [-0.15, -0.1) is 0 Å². The lowest BCUT2D eigenvalue weighted by molar-refractivity contribution is 0.0411. The van der Waals surface area contributed by atoms with E-state index in [4.69, 9.17) is 4.74 Å². The summed E-state index contributed by atoms with van der Waals surface area (Å²) in [4.78, 5) is 21.6. The maximum atomic E-state index is 12.6. The van der Waals surface area contributed by atoms with Crippen molar-refractivity contribution in [1.82, 2.24) is 15.3 Å². The Bertz CT molecular complexity index is 984. The first-order chi connectivity index (χ1) is 12.6. The van der Waals surface area contributed by atoms with Crippen LogP contribution in [-0.4, -0.2) is 29.0 Å². The maximum Gasteiger partial charge on any atom is 0.251 e. The summed E-state index contributed by atoms with van der Waals surface area (Å²) in [6.07, 6.45) is 0.817. The second-order valence-electron chi connectivity index (χ2n) is 6.62. The van der Waals surface area contributed by atoms with Crippen LogP contribution >= 0.6 is 0 Å². The van der Waals surface area contributed by atoms with Crippen LogP contribution in [0.25, 0.3) is 11.0 Å². The van der Waals surface area contributed by atoms with Gasteiger partial charge in [-0.1, -0.05) is 24.3 Å². The third-order valence-electron chi connectivity index (χ3n) is 4.88. The summed E-state index contributed by atoms with van der Waals surface area (Å²) in [5, 5.41) is 2.99. The monoisotopic (exact) mass is 347 g/mol. The molecule has 26 heavy (non-hydrogen) atoms. The molecule has 2 heterocycles. The largest absolute Gasteiger partial charge is 0.371 e. The number of ether oxygens (including phenoxy) is 1. The van der Waals surface area contributed by atoms with E-state index < -0.39 is 0 Å². The predicted octanol–water partition coefficient (Wildman–Crippen LogP) is 3.29. The van der Waals surface area contributed by atoms with Gasteiger partial charge in [-0.05, 0) is 49.6 Å². The highest BCUT2D eigenvalue weighted by atomic mass is 16.5. The summed E-state index contributed by atoms with van der Waals surface area (Å²) in [7, 11) is 0. The number of carbonyl (C=O) groups is 1. The van der Waals surface area contributed by atoms with Crippen LogP contribution in [0.15, 0.2) is 42.5 Å². The fourth-order valence-electron chi connectivity index (χ4n) is 3.31. The minimum atomic E-state index is -0.126. The Kier molecular flexibility index (Phi) is 4.39. The zero-order valence-electron chi connectivity index (χ0n) is 15.0. The van der Waals surface area contributed by atoms with Crippen molar-refractivity contribution >= 4 is 16.9 Å². The van der Waals surface area contributed by atoms with Gasteiger partial charge in [-0.3, -0.25) is 4.79 Å². The lowest BCUT2D eigenvalue weighted by Gasteiger charge is -2.26. The molecule has 5 nitrogen and oxygen atoms in total. The van der Waals surface area contributed by atoms with Gasteiger partial charge >= 0.3 is 0 Å². The SMILES string of the molecule is Cc1nc2ccc(C(=O)NCC3OCCc4ccccc43)cc2nc1C. The molecule has 0 bridgehead atoms. The highest BCUT2D eigenvalue weighted by molar-refractivity contribution is 5.97. The Balaban J connectivity index is 1.50. The summed E-state index contributed by atoms with van der Waals surface area (Å²) in [6, 6.07) is 13.7. The van der Waals surface area contributed by atoms with Gasteiger partial charge in [0.05, 0.1) is 29.0 Å². The van der Waals surface area contributed by atoms with Gasteiger partial charge in [-0.25, -0.2) is 9.97 Å². The molecular formula is C21H21N3O2. The second-order valence-corrected chi connectivity index (χ2v) is 6.62. The van der Waals surface area contributed by atoms with Crippen LogP contribution in [-0.2, 0) is 11.2 Å². The number of rotatable bonds is 3. The average Bonchev–Trinajstić information content (AvgIpc) is 2.66. The highest BCUT2D eigenvalue weighted by Gasteiger charge is 2.21. The van der Waals surface area contributed by atoms with Crippen molar-refractivity contribution in [2.75, 3.05) is 13.2 Å². The Morgan fingerprint density at radius 3 is 2.73 bits per heavy atom. The molecule has 1 N–H and O–H groups in total. The standard InChI is InChI=1S/C21H21N3O2/c1-13-14(2)24-19-11-16(7-8-18(19)23-13)21(25)22-12-20-17-6-4-3-5-15(17)9-10-26-20/h3-8,11,20H,9-10,12H2,1-2H3,(H,22,25). The van der Waals surface area contributed by atoms with Gasteiger partial charge in [0.15, 0.2) is 0 Å². The van der Waals surface area contributed by atoms with Crippen LogP contribution in [0.5, 0.6) is 0 Å². The van der Waals surface area contributed by atoms with E-state index in [2.05, 4.69) is 27.4 Å². The molecule has 0 spiro atoms. The average molecular weight is 347 g/mol. The summed E-state index contributed by atoms with van der Waals surface area (Å²) >= 11 is 0. The van der Waals surface area contributed by atoms with Gasteiger partial charge in [0.2, 0.25) is 0 Å². The Labute approximate surface area is 152 Å². The number of nitrogens with zero attached hydrogens (tertiary/aromatic N) is 2. The molecule has 1 atom stereocenters. The first-order valence-electron chi connectivity index (χ1n) is 8.84. The number of aromatic nitrogens is 2. The fraction of sp³-hybridized carbons (Fsp3) is 0.286. The van der Waals surface area contributed by atoms with E-state index in [-0.39, 0.29) is 12.0 Å². The number of hydrogen-bond acceptors (Lipinski definition) is 4. The number of amides is 1. The number of benzene rings is 2. The van der Waals surface area contributed by atoms with E-state index in [1.54, 1.807) is 12.1 Å². The topological polar surface area (TPSA) is 64.1 Å². The van der Waals surface area contributed by atoms with Crippen LogP contribution < -0.4 is 5.32 Å². The first kappa shape index (κ1) is 16.7. The van der Waals surface area contributed by atoms with Crippen molar-refractivity contribution in [2.45, 2.75) is 26.4 Å². The summed E-state index contributed by atoms with van der Waals surface area (Å²) < 4.78 is 5.85. The molecule has 3 aromatic rings. The molecule has 0 saturated heterocycles. The van der Waals surface area contributed by atoms with Crippen molar-refractivity contribution in [2.24, 2.45) is 0 Å². The van der Waals surface area contributed by atoms with E-state index in [0.717, 1.165) is 34.4 Å². The molecule has 1 unspecified atom stereocenters.